The van der Waals surface area contributed by atoms with Gasteiger partial charge in [-0.3, -0.25) is 4.79 Å². The molecule has 100 valence electrons. The monoisotopic (exact) mass is 240 g/mol. The summed E-state index contributed by atoms with van der Waals surface area (Å²) in [5.41, 5.74) is 0. The van der Waals surface area contributed by atoms with Gasteiger partial charge in [-0.1, -0.05) is 39.0 Å². The molecule has 0 aliphatic heterocycles. The lowest BCUT2D eigenvalue weighted by Gasteiger charge is -2.27. The number of ether oxygens (including phenoxy) is 1. The fourth-order valence-corrected chi connectivity index (χ4v) is 2.83. The standard InChI is InChI=1S/C15H28O2/c1-12(2)17-15(16)11-7-8-13(3)14-9-5-4-6-10-14/h12-14H,4-11H2,1-3H3. The van der Waals surface area contributed by atoms with Gasteiger partial charge in [-0.25, -0.2) is 0 Å². The van der Waals surface area contributed by atoms with Crippen molar-refractivity contribution in [2.45, 2.75) is 78.2 Å². The molecule has 1 unspecified atom stereocenters. The van der Waals surface area contributed by atoms with Crippen LogP contribution in [0, 0.1) is 11.8 Å². The first kappa shape index (κ1) is 14.5. The van der Waals surface area contributed by atoms with Crippen molar-refractivity contribution in [3.05, 3.63) is 0 Å². The molecule has 0 radical (unpaired) electrons. The van der Waals surface area contributed by atoms with Crippen LogP contribution in [0.1, 0.15) is 72.1 Å². The minimum Gasteiger partial charge on any atom is -0.463 e. The van der Waals surface area contributed by atoms with E-state index in [-0.39, 0.29) is 12.1 Å². The summed E-state index contributed by atoms with van der Waals surface area (Å²) in [7, 11) is 0. The van der Waals surface area contributed by atoms with Gasteiger partial charge in [0, 0.05) is 6.42 Å². The molecule has 0 aromatic carbocycles. The van der Waals surface area contributed by atoms with Crippen molar-refractivity contribution in [2.24, 2.45) is 11.8 Å². The summed E-state index contributed by atoms with van der Waals surface area (Å²) < 4.78 is 5.14. The summed E-state index contributed by atoms with van der Waals surface area (Å²) in [5, 5.41) is 0. The molecule has 0 bridgehead atoms. The van der Waals surface area contributed by atoms with E-state index in [4.69, 9.17) is 4.74 Å². The van der Waals surface area contributed by atoms with Crippen molar-refractivity contribution >= 4 is 5.97 Å². The Morgan fingerprint density at radius 2 is 1.82 bits per heavy atom. The van der Waals surface area contributed by atoms with E-state index in [2.05, 4.69) is 6.92 Å². The summed E-state index contributed by atoms with van der Waals surface area (Å²) in [6, 6.07) is 0. The third-order valence-corrected chi connectivity index (χ3v) is 3.86. The first-order valence-corrected chi connectivity index (χ1v) is 7.29. The highest BCUT2D eigenvalue weighted by Gasteiger charge is 2.19. The Hall–Kier alpha value is -0.530. The van der Waals surface area contributed by atoms with Gasteiger partial charge >= 0.3 is 5.97 Å². The topological polar surface area (TPSA) is 26.3 Å². The van der Waals surface area contributed by atoms with Crippen LogP contribution in [0.15, 0.2) is 0 Å². The van der Waals surface area contributed by atoms with E-state index in [0.29, 0.717) is 6.42 Å². The van der Waals surface area contributed by atoms with Crippen LogP contribution in [-0.2, 0) is 9.53 Å². The Morgan fingerprint density at radius 1 is 1.18 bits per heavy atom. The SMILES string of the molecule is CC(C)OC(=O)CCCC(C)C1CCCCC1. The number of hydrogen-bond donors (Lipinski definition) is 0. The lowest BCUT2D eigenvalue weighted by molar-refractivity contribution is -0.147. The fraction of sp³-hybridized carbons (Fsp3) is 0.933. The van der Waals surface area contributed by atoms with Crippen LogP contribution in [-0.4, -0.2) is 12.1 Å². The van der Waals surface area contributed by atoms with Gasteiger partial charge in [-0.15, -0.1) is 0 Å². The summed E-state index contributed by atoms with van der Waals surface area (Å²) in [4.78, 5) is 11.4. The van der Waals surface area contributed by atoms with Gasteiger partial charge in [0.25, 0.3) is 0 Å². The second-order valence-corrected chi connectivity index (χ2v) is 5.81. The van der Waals surface area contributed by atoms with Gasteiger partial charge < -0.3 is 4.74 Å². The molecule has 17 heavy (non-hydrogen) atoms. The first-order chi connectivity index (χ1) is 8.09. The Bertz CT molecular complexity index is 217. The van der Waals surface area contributed by atoms with Gasteiger partial charge in [0.05, 0.1) is 6.10 Å². The molecule has 1 rings (SSSR count). The molecular formula is C15H28O2. The van der Waals surface area contributed by atoms with Crippen LogP contribution < -0.4 is 0 Å². The molecule has 0 N–H and O–H groups in total. The average Bonchev–Trinajstić information content (AvgIpc) is 2.29. The van der Waals surface area contributed by atoms with E-state index in [1.54, 1.807) is 0 Å². The zero-order valence-corrected chi connectivity index (χ0v) is 11.7. The van der Waals surface area contributed by atoms with Crippen molar-refractivity contribution in [3.8, 4) is 0 Å². The van der Waals surface area contributed by atoms with E-state index in [9.17, 15) is 4.79 Å². The van der Waals surface area contributed by atoms with Crippen molar-refractivity contribution in [2.75, 3.05) is 0 Å². The van der Waals surface area contributed by atoms with Crippen molar-refractivity contribution in [1.29, 1.82) is 0 Å². The second kappa shape index (κ2) is 7.73. The Labute approximate surface area is 106 Å². The predicted molar refractivity (Wildman–Crippen MR) is 70.8 cm³/mol. The number of carbonyl (C=O) groups is 1. The minimum atomic E-state index is -0.0316. The predicted octanol–water partition coefficient (Wildman–Crippen LogP) is 4.32. The maximum absolute atomic E-state index is 11.4. The molecule has 1 fully saturated rings. The van der Waals surface area contributed by atoms with Crippen LogP contribution in [0.4, 0.5) is 0 Å². The van der Waals surface area contributed by atoms with Crippen LogP contribution in [0.3, 0.4) is 0 Å². The highest BCUT2D eigenvalue weighted by molar-refractivity contribution is 5.69. The van der Waals surface area contributed by atoms with E-state index in [1.165, 1.54) is 38.5 Å². The van der Waals surface area contributed by atoms with E-state index in [0.717, 1.165) is 18.3 Å². The number of esters is 1. The van der Waals surface area contributed by atoms with Gasteiger partial charge in [-0.2, -0.15) is 0 Å². The molecule has 1 aliphatic rings. The Morgan fingerprint density at radius 3 is 2.41 bits per heavy atom. The molecule has 0 spiro atoms. The van der Waals surface area contributed by atoms with Crippen LogP contribution in [0.5, 0.6) is 0 Å². The quantitative estimate of drug-likeness (QED) is 0.646. The Balaban J connectivity index is 2.10. The van der Waals surface area contributed by atoms with E-state index < -0.39 is 0 Å². The molecule has 1 saturated carbocycles. The largest absolute Gasteiger partial charge is 0.463 e. The van der Waals surface area contributed by atoms with Gasteiger partial charge in [-0.05, 0) is 38.5 Å². The van der Waals surface area contributed by atoms with Gasteiger partial charge in [0.2, 0.25) is 0 Å². The molecule has 2 nitrogen and oxygen atoms in total. The number of hydrogen-bond acceptors (Lipinski definition) is 2. The van der Waals surface area contributed by atoms with Crippen LogP contribution in [0.25, 0.3) is 0 Å². The highest BCUT2D eigenvalue weighted by atomic mass is 16.5. The molecule has 0 saturated heterocycles. The summed E-state index contributed by atoms with van der Waals surface area (Å²) in [6.07, 6.45) is 9.82. The summed E-state index contributed by atoms with van der Waals surface area (Å²) in [5.74, 6) is 1.66. The average molecular weight is 240 g/mol. The number of rotatable bonds is 6. The lowest BCUT2D eigenvalue weighted by atomic mass is 9.79. The van der Waals surface area contributed by atoms with Gasteiger partial charge in [0.15, 0.2) is 0 Å². The normalized spacial score (nSPS) is 19.3. The van der Waals surface area contributed by atoms with E-state index >= 15 is 0 Å². The minimum absolute atomic E-state index is 0.0262. The molecule has 1 atom stereocenters. The molecule has 0 aromatic rings. The molecule has 0 amide bonds. The Kier molecular flexibility index (Phi) is 6.61. The van der Waals surface area contributed by atoms with Gasteiger partial charge in [0.1, 0.15) is 0 Å². The third kappa shape index (κ3) is 6.09. The molecule has 0 aromatic heterocycles. The zero-order valence-electron chi connectivity index (χ0n) is 11.7. The third-order valence-electron chi connectivity index (χ3n) is 3.86. The maximum Gasteiger partial charge on any atom is 0.306 e. The van der Waals surface area contributed by atoms with Crippen molar-refractivity contribution < 1.29 is 9.53 Å². The zero-order chi connectivity index (χ0) is 12.7. The van der Waals surface area contributed by atoms with Crippen LogP contribution in [0.2, 0.25) is 0 Å². The summed E-state index contributed by atoms with van der Waals surface area (Å²) >= 11 is 0. The van der Waals surface area contributed by atoms with Crippen LogP contribution >= 0.6 is 0 Å². The molecule has 2 heteroatoms. The van der Waals surface area contributed by atoms with E-state index in [1.807, 2.05) is 13.8 Å². The lowest BCUT2D eigenvalue weighted by Crippen LogP contribution is -2.16. The van der Waals surface area contributed by atoms with Crippen molar-refractivity contribution in [3.63, 3.8) is 0 Å². The smallest absolute Gasteiger partial charge is 0.306 e. The molecular weight excluding hydrogens is 212 g/mol. The number of carbonyl (C=O) groups excluding carboxylic acids is 1. The fourth-order valence-electron chi connectivity index (χ4n) is 2.83. The first-order valence-electron chi connectivity index (χ1n) is 7.29. The summed E-state index contributed by atoms with van der Waals surface area (Å²) in [6.45, 7) is 6.16. The highest BCUT2D eigenvalue weighted by Crippen LogP contribution is 2.32. The molecule has 0 heterocycles. The second-order valence-electron chi connectivity index (χ2n) is 5.81. The van der Waals surface area contributed by atoms with Crippen molar-refractivity contribution in [1.82, 2.24) is 0 Å². The maximum atomic E-state index is 11.4. The molecule has 1 aliphatic carbocycles.